The Kier molecular flexibility index (Phi) is 9.98. The summed E-state index contributed by atoms with van der Waals surface area (Å²) in [5, 5.41) is 0.468. The van der Waals surface area contributed by atoms with Crippen LogP contribution >= 0.6 is 0 Å². The van der Waals surface area contributed by atoms with Crippen molar-refractivity contribution < 1.29 is 13.6 Å². The third kappa shape index (κ3) is 8.89. The molecule has 228 valence electrons. The molecule has 0 bridgehead atoms. The normalized spacial score (nSPS) is 17.9. The predicted molar refractivity (Wildman–Crippen MR) is 174 cm³/mol. The average molecular weight is 598 g/mol. The molecule has 2 heterocycles. The predicted octanol–water partition coefficient (Wildman–Crippen LogP) is 8.17. The summed E-state index contributed by atoms with van der Waals surface area (Å²) in [6.07, 6.45) is 8.73. The van der Waals surface area contributed by atoms with E-state index in [9.17, 15) is 4.79 Å². The minimum atomic E-state index is -1.72. The van der Waals surface area contributed by atoms with Crippen molar-refractivity contribution >= 4 is 22.4 Å². The Balaban J connectivity index is 0.000000228. The van der Waals surface area contributed by atoms with E-state index in [1.807, 2.05) is 12.4 Å². The Hall–Kier alpha value is -1.72. The first-order chi connectivity index (χ1) is 18.7. The van der Waals surface area contributed by atoms with Crippen LogP contribution in [0.1, 0.15) is 103 Å². The quantitative estimate of drug-likeness (QED) is 0.278. The molecule has 0 atom stereocenters. The minimum Gasteiger partial charge on any atom is -0.413 e. The monoisotopic (exact) mass is 597 g/mol. The fourth-order valence-corrected chi connectivity index (χ4v) is 6.05. The first-order valence-corrected chi connectivity index (χ1v) is 21.0. The van der Waals surface area contributed by atoms with E-state index >= 15 is 0 Å². The van der Waals surface area contributed by atoms with Gasteiger partial charge in [0.2, 0.25) is 0 Å². The Morgan fingerprint density at radius 2 is 1.20 bits per heavy atom. The summed E-state index contributed by atoms with van der Waals surface area (Å²) in [6, 6.07) is 8.34. The molecule has 2 N–H and O–H groups in total. The average Bonchev–Trinajstić information content (AvgIpc) is 3.79. The van der Waals surface area contributed by atoms with Crippen LogP contribution in [0.3, 0.4) is 0 Å². The van der Waals surface area contributed by atoms with Gasteiger partial charge in [-0.3, -0.25) is 14.8 Å². The molecular formula is C33H55N3O3Si2. The maximum Gasteiger partial charge on any atom is 0.192 e. The molecule has 0 spiro atoms. The van der Waals surface area contributed by atoms with Gasteiger partial charge < -0.3 is 14.6 Å². The van der Waals surface area contributed by atoms with E-state index in [4.69, 9.17) is 14.6 Å². The summed E-state index contributed by atoms with van der Waals surface area (Å²) in [6.45, 7) is 25.5. The minimum absolute atomic E-state index is 0.0324. The van der Waals surface area contributed by atoms with Gasteiger partial charge in [0.25, 0.3) is 0 Å². The lowest BCUT2D eigenvalue weighted by Crippen LogP contribution is -2.40. The van der Waals surface area contributed by atoms with Crippen LogP contribution in [0.2, 0.25) is 36.3 Å². The van der Waals surface area contributed by atoms with E-state index in [-0.39, 0.29) is 26.8 Å². The number of hydrogen-bond acceptors (Lipinski definition) is 6. The van der Waals surface area contributed by atoms with E-state index in [1.165, 1.54) is 0 Å². The van der Waals surface area contributed by atoms with Crippen molar-refractivity contribution in [3.63, 3.8) is 0 Å². The van der Waals surface area contributed by atoms with Gasteiger partial charge in [0, 0.05) is 29.9 Å². The number of rotatable bonds is 10. The molecule has 2 fully saturated rings. The molecule has 2 aromatic heterocycles. The van der Waals surface area contributed by atoms with Crippen molar-refractivity contribution in [2.75, 3.05) is 0 Å². The molecule has 6 nitrogen and oxygen atoms in total. The maximum absolute atomic E-state index is 11.4. The molecule has 0 saturated heterocycles. The van der Waals surface area contributed by atoms with Gasteiger partial charge in [0.1, 0.15) is 5.78 Å². The largest absolute Gasteiger partial charge is 0.413 e. The van der Waals surface area contributed by atoms with Crippen molar-refractivity contribution in [1.29, 1.82) is 0 Å². The van der Waals surface area contributed by atoms with Crippen molar-refractivity contribution in [3.05, 3.63) is 59.2 Å². The van der Waals surface area contributed by atoms with Crippen molar-refractivity contribution in [1.82, 2.24) is 9.97 Å². The summed E-state index contributed by atoms with van der Waals surface area (Å²) >= 11 is 0. The molecule has 0 unspecified atom stereocenters. The highest BCUT2D eigenvalue weighted by Gasteiger charge is 2.46. The summed E-state index contributed by atoms with van der Waals surface area (Å²) in [4.78, 5) is 20.5. The van der Waals surface area contributed by atoms with E-state index < -0.39 is 16.6 Å². The molecule has 2 aliphatic rings. The lowest BCUT2D eigenvalue weighted by atomic mass is 9.95. The highest BCUT2D eigenvalue weighted by atomic mass is 28.4. The Morgan fingerprint density at radius 3 is 1.49 bits per heavy atom. The van der Waals surface area contributed by atoms with Gasteiger partial charge in [-0.1, -0.05) is 53.7 Å². The van der Waals surface area contributed by atoms with Gasteiger partial charge in [0.05, 0.1) is 24.4 Å². The van der Waals surface area contributed by atoms with Crippen molar-refractivity contribution in [2.24, 2.45) is 5.73 Å². The van der Waals surface area contributed by atoms with Crippen LogP contribution in [-0.4, -0.2) is 32.4 Å². The van der Waals surface area contributed by atoms with Gasteiger partial charge in [-0.05, 0) is 92.1 Å². The van der Waals surface area contributed by atoms with Crippen LogP contribution in [0.15, 0.2) is 36.7 Å². The van der Waals surface area contributed by atoms with Gasteiger partial charge in [-0.15, -0.1) is 0 Å². The van der Waals surface area contributed by atoms with Crippen LogP contribution < -0.4 is 5.73 Å². The molecule has 2 aromatic rings. The summed E-state index contributed by atoms with van der Waals surface area (Å²) in [5.74, 6) is 0.254. The van der Waals surface area contributed by atoms with Crippen LogP contribution in [0, 0.1) is 0 Å². The third-order valence-corrected chi connectivity index (χ3v) is 18.7. The zero-order valence-electron chi connectivity index (χ0n) is 27.6. The van der Waals surface area contributed by atoms with Crippen LogP contribution in [0.4, 0.5) is 0 Å². The molecule has 0 radical (unpaired) electrons. The molecule has 0 aromatic carbocycles. The molecule has 0 amide bonds. The molecule has 8 heteroatoms. The third-order valence-electron chi connectivity index (χ3n) is 9.74. The summed E-state index contributed by atoms with van der Waals surface area (Å²) in [7, 11) is -3.40. The number of carbonyl (C=O) groups is 1. The second kappa shape index (κ2) is 12.1. The van der Waals surface area contributed by atoms with E-state index in [0.717, 1.165) is 48.2 Å². The molecule has 2 aliphatic carbocycles. The van der Waals surface area contributed by atoms with Crippen LogP contribution in [0.5, 0.6) is 0 Å². The number of nitrogens with two attached hydrogens (primary N) is 1. The smallest absolute Gasteiger partial charge is 0.192 e. The van der Waals surface area contributed by atoms with Crippen LogP contribution in [0.25, 0.3) is 0 Å². The number of nitrogens with zero attached hydrogens (tertiary/aromatic N) is 2. The maximum atomic E-state index is 11.4. The molecule has 2 saturated carbocycles. The summed E-state index contributed by atoms with van der Waals surface area (Å²) < 4.78 is 12.4. The second-order valence-corrected chi connectivity index (χ2v) is 25.1. The fraction of sp³-hybridized carbons (Fsp3) is 0.667. The highest BCUT2D eigenvalue weighted by molar-refractivity contribution is 6.74. The van der Waals surface area contributed by atoms with Gasteiger partial charge in [0.15, 0.2) is 16.6 Å². The Bertz CT molecular complexity index is 1170. The van der Waals surface area contributed by atoms with Crippen molar-refractivity contribution in [2.45, 2.75) is 141 Å². The fourth-order valence-electron chi connectivity index (χ4n) is 4.13. The first kappa shape index (κ1) is 33.8. The number of aromatic nitrogens is 2. The first-order valence-electron chi connectivity index (χ1n) is 15.2. The number of carbonyl (C=O) groups excluding carboxylic acids is 1. The standard InChI is InChI=1S/C18H29NO2Si.C15H26N2OSi/c1-14(20)11-18(9-10-18)16-8-7-15(12-19-16)13-21-22(5,6)17(2,3)4;1-14(2,3)19(4,5)18-11-12-6-7-13(17-10-12)15(16)8-9-15/h7-8,12H,9-11,13H2,1-6H3;6-7,10H,8-9,11,16H2,1-5H3. The van der Waals surface area contributed by atoms with E-state index in [1.54, 1.807) is 6.92 Å². The lowest BCUT2D eigenvalue weighted by molar-refractivity contribution is -0.117. The Morgan fingerprint density at radius 1 is 0.780 bits per heavy atom. The zero-order chi connectivity index (χ0) is 30.9. The molecular weight excluding hydrogens is 543 g/mol. The molecule has 41 heavy (non-hydrogen) atoms. The zero-order valence-corrected chi connectivity index (χ0v) is 29.6. The van der Waals surface area contributed by atoms with Gasteiger partial charge in [-0.2, -0.15) is 0 Å². The Labute approximate surface area is 251 Å². The number of hydrogen-bond donors (Lipinski definition) is 1. The lowest BCUT2D eigenvalue weighted by Gasteiger charge is -2.36. The summed E-state index contributed by atoms with van der Waals surface area (Å²) in [5.41, 5.74) is 10.4. The van der Waals surface area contributed by atoms with Crippen LogP contribution in [-0.2, 0) is 37.8 Å². The second-order valence-electron chi connectivity index (χ2n) is 15.5. The number of pyridine rings is 2. The number of Topliss-reactive ketones (excluding diaryl/α,β-unsaturated/α-hetero) is 1. The molecule has 4 rings (SSSR count). The highest BCUT2D eigenvalue weighted by Crippen LogP contribution is 2.50. The van der Waals surface area contributed by atoms with Gasteiger partial charge >= 0.3 is 0 Å². The van der Waals surface area contributed by atoms with E-state index in [2.05, 4.69) is 102 Å². The van der Waals surface area contributed by atoms with Crippen molar-refractivity contribution in [3.8, 4) is 0 Å². The topological polar surface area (TPSA) is 87.3 Å². The molecule has 0 aliphatic heterocycles. The van der Waals surface area contributed by atoms with Gasteiger partial charge in [-0.25, -0.2) is 0 Å². The SMILES string of the molecule is CC(=O)CC1(c2ccc(CO[Si](C)(C)C(C)(C)C)cn2)CC1.CC(C)(C)[Si](C)(C)OCc1ccc(C2(N)CC2)nc1. The van der Waals surface area contributed by atoms with E-state index in [0.29, 0.717) is 19.6 Å². The number of ketones is 1.